The molecule has 2 N–H and O–H groups in total. The summed E-state index contributed by atoms with van der Waals surface area (Å²) in [5.41, 5.74) is 4.42. The van der Waals surface area contributed by atoms with Crippen LogP contribution >= 0.6 is 0 Å². The fourth-order valence-electron chi connectivity index (χ4n) is 4.25. The molecule has 2 aromatic carbocycles. The van der Waals surface area contributed by atoms with E-state index in [1.807, 2.05) is 55.4 Å². The number of ether oxygens (including phenoxy) is 2. The van der Waals surface area contributed by atoms with Crippen molar-refractivity contribution in [2.24, 2.45) is 0 Å². The zero-order valence-corrected chi connectivity index (χ0v) is 20.4. The van der Waals surface area contributed by atoms with Gasteiger partial charge in [0.2, 0.25) is 5.91 Å². The number of fused-ring (bicyclic) bond motifs is 3. The smallest absolute Gasteiger partial charge is 0.407 e. The highest BCUT2D eigenvalue weighted by Crippen LogP contribution is 2.44. The van der Waals surface area contributed by atoms with Crippen LogP contribution in [0, 0.1) is 0 Å². The van der Waals surface area contributed by atoms with Gasteiger partial charge in [0.05, 0.1) is 0 Å². The molecule has 188 valence electrons. The van der Waals surface area contributed by atoms with Gasteiger partial charge in [-0.25, -0.2) is 4.79 Å². The molecule has 2 amide bonds. The van der Waals surface area contributed by atoms with E-state index in [1.54, 1.807) is 0 Å². The van der Waals surface area contributed by atoms with Crippen molar-refractivity contribution in [1.29, 1.82) is 0 Å². The van der Waals surface area contributed by atoms with Gasteiger partial charge in [-0.3, -0.25) is 9.59 Å². The number of aliphatic carboxylic acids is 1. The highest BCUT2D eigenvalue weighted by molar-refractivity contribution is 5.88. The van der Waals surface area contributed by atoms with Crippen molar-refractivity contribution >= 4 is 18.0 Å². The van der Waals surface area contributed by atoms with E-state index < -0.39 is 30.6 Å². The van der Waals surface area contributed by atoms with Gasteiger partial charge in [-0.05, 0) is 36.3 Å². The summed E-state index contributed by atoms with van der Waals surface area (Å²) in [6, 6.07) is 15.1. The van der Waals surface area contributed by atoms with Crippen LogP contribution in [0.1, 0.15) is 23.5 Å². The van der Waals surface area contributed by atoms with E-state index in [1.165, 1.54) is 12.0 Å². The molecule has 1 atom stereocenters. The van der Waals surface area contributed by atoms with Crippen molar-refractivity contribution < 1.29 is 29.0 Å². The first-order valence-electron chi connectivity index (χ1n) is 11.6. The van der Waals surface area contributed by atoms with Gasteiger partial charge in [-0.1, -0.05) is 48.5 Å². The van der Waals surface area contributed by atoms with Gasteiger partial charge in [0.25, 0.3) is 0 Å². The van der Waals surface area contributed by atoms with E-state index in [0.29, 0.717) is 6.54 Å². The van der Waals surface area contributed by atoms with Gasteiger partial charge in [0.15, 0.2) is 0 Å². The van der Waals surface area contributed by atoms with Gasteiger partial charge in [-0.15, -0.1) is 0 Å². The number of amides is 2. The lowest BCUT2D eigenvalue weighted by Gasteiger charge is -2.27. The SMILES string of the molecule is COCCC(NC(=O)OCC1c2ccccc2-c2ccccc21)C(=O)N(CCN(C)C)CC(=O)O. The van der Waals surface area contributed by atoms with Gasteiger partial charge in [0.1, 0.15) is 19.2 Å². The molecule has 0 bridgehead atoms. The van der Waals surface area contributed by atoms with E-state index in [9.17, 15) is 19.5 Å². The van der Waals surface area contributed by atoms with Crippen molar-refractivity contribution in [2.45, 2.75) is 18.4 Å². The molecule has 2 aromatic rings. The number of benzene rings is 2. The summed E-state index contributed by atoms with van der Waals surface area (Å²) in [4.78, 5) is 40.3. The lowest BCUT2D eigenvalue weighted by molar-refractivity contribution is -0.145. The number of nitrogens with one attached hydrogen (secondary N) is 1. The Balaban J connectivity index is 1.68. The Kier molecular flexibility index (Phi) is 9.22. The van der Waals surface area contributed by atoms with Crippen LogP contribution in [0.2, 0.25) is 0 Å². The van der Waals surface area contributed by atoms with Crippen LogP contribution in [0.4, 0.5) is 4.79 Å². The molecule has 0 saturated heterocycles. The lowest BCUT2D eigenvalue weighted by atomic mass is 9.98. The number of rotatable bonds is 12. The Labute approximate surface area is 205 Å². The van der Waals surface area contributed by atoms with Crippen LogP contribution < -0.4 is 5.32 Å². The summed E-state index contributed by atoms with van der Waals surface area (Å²) in [7, 11) is 5.16. The number of likely N-dealkylation sites (N-methyl/N-ethyl adjacent to an activating group) is 1. The Bertz CT molecular complexity index is 996. The number of carboxylic acid groups (broad SMARTS) is 1. The minimum absolute atomic E-state index is 0.107. The first-order valence-corrected chi connectivity index (χ1v) is 11.6. The minimum atomic E-state index is -1.12. The predicted octanol–water partition coefficient (Wildman–Crippen LogP) is 2.41. The maximum absolute atomic E-state index is 13.1. The Morgan fingerprint density at radius 2 is 1.60 bits per heavy atom. The molecule has 0 aliphatic heterocycles. The first kappa shape index (κ1) is 26.2. The monoisotopic (exact) mass is 483 g/mol. The Morgan fingerprint density at radius 1 is 1.00 bits per heavy atom. The summed E-state index contributed by atoms with van der Waals surface area (Å²) in [6.07, 6.45) is -0.540. The van der Waals surface area contributed by atoms with Crippen molar-refractivity contribution in [3.63, 3.8) is 0 Å². The van der Waals surface area contributed by atoms with Crippen molar-refractivity contribution in [3.8, 4) is 11.1 Å². The van der Waals surface area contributed by atoms with Crippen LogP contribution in [0.3, 0.4) is 0 Å². The lowest BCUT2D eigenvalue weighted by Crippen LogP contribution is -2.51. The molecule has 3 rings (SSSR count). The minimum Gasteiger partial charge on any atom is -0.480 e. The zero-order valence-electron chi connectivity index (χ0n) is 20.4. The summed E-state index contributed by atoms with van der Waals surface area (Å²) in [5.74, 6) is -1.71. The molecule has 0 saturated carbocycles. The van der Waals surface area contributed by atoms with Crippen LogP contribution in [-0.2, 0) is 19.1 Å². The van der Waals surface area contributed by atoms with Crippen LogP contribution in [0.15, 0.2) is 48.5 Å². The normalized spacial score (nSPS) is 13.1. The standard InChI is InChI=1S/C26H33N3O6/c1-28(2)13-14-29(16-24(30)31)25(32)23(12-15-34-3)27-26(33)35-17-22-20-10-6-4-8-18(20)19-9-5-7-11-21(19)22/h4-11,22-23H,12-17H2,1-3H3,(H,27,33)(H,30,31). The molecule has 0 spiro atoms. The average molecular weight is 484 g/mol. The number of nitrogens with zero attached hydrogens (tertiary/aromatic N) is 2. The maximum Gasteiger partial charge on any atom is 0.407 e. The van der Waals surface area contributed by atoms with Gasteiger partial charge < -0.3 is 29.7 Å². The summed E-state index contributed by atoms with van der Waals surface area (Å²) in [5, 5.41) is 11.9. The predicted molar refractivity (Wildman–Crippen MR) is 131 cm³/mol. The maximum atomic E-state index is 13.1. The Morgan fingerprint density at radius 3 is 2.14 bits per heavy atom. The molecule has 0 radical (unpaired) electrons. The molecule has 1 aliphatic rings. The molecular weight excluding hydrogens is 450 g/mol. The number of carboxylic acids is 1. The van der Waals surface area contributed by atoms with Crippen molar-refractivity contribution in [1.82, 2.24) is 15.1 Å². The quantitative estimate of drug-likeness (QED) is 0.477. The largest absolute Gasteiger partial charge is 0.480 e. The first-order chi connectivity index (χ1) is 16.8. The van der Waals surface area contributed by atoms with Gasteiger partial charge in [-0.2, -0.15) is 0 Å². The molecule has 9 nitrogen and oxygen atoms in total. The molecule has 35 heavy (non-hydrogen) atoms. The number of methoxy groups -OCH3 is 1. The van der Waals surface area contributed by atoms with E-state index in [0.717, 1.165) is 22.3 Å². The summed E-state index contributed by atoms with van der Waals surface area (Å²) < 4.78 is 10.7. The van der Waals surface area contributed by atoms with Gasteiger partial charge in [0, 0.05) is 39.1 Å². The topological polar surface area (TPSA) is 108 Å². The van der Waals surface area contributed by atoms with E-state index in [-0.39, 0.29) is 32.1 Å². The second-order valence-electron chi connectivity index (χ2n) is 8.76. The molecule has 9 heteroatoms. The summed E-state index contributed by atoms with van der Waals surface area (Å²) in [6.45, 7) is 0.580. The third-order valence-electron chi connectivity index (χ3n) is 6.00. The third-order valence-corrected chi connectivity index (χ3v) is 6.00. The molecule has 0 aromatic heterocycles. The second-order valence-corrected chi connectivity index (χ2v) is 8.76. The van der Waals surface area contributed by atoms with Crippen molar-refractivity contribution in [2.75, 3.05) is 54.1 Å². The fourth-order valence-corrected chi connectivity index (χ4v) is 4.25. The molecule has 1 aliphatic carbocycles. The highest BCUT2D eigenvalue weighted by atomic mass is 16.5. The zero-order chi connectivity index (χ0) is 25.4. The number of hydrogen-bond donors (Lipinski definition) is 2. The van der Waals surface area contributed by atoms with Crippen LogP contribution in [0.25, 0.3) is 11.1 Å². The Hall–Kier alpha value is -3.43. The van der Waals surface area contributed by atoms with Crippen molar-refractivity contribution in [3.05, 3.63) is 59.7 Å². The van der Waals surface area contributed by atoms with Crippen LogP contribution in [-0.4, -0.2) is 93.0 Å². The number of hydrogen-bond acceptors (Lipinski definition) is 6. The molecule has 0 heterocycles. The van der Waals surface area contributed by atoms with E-state index in [2.05, 4.69) is 17.4 Å². The molecular formula is C26H33N3O6. The fraction of sp³-hybridized carbons (Fsp3) is 0.423. The number of alkyl carbamates (subject to hydrolysis) is 1. The highest BCUT2D eigenvalue weighted by Gasteiger charge is 2.31. The van der Waals surface area contributed by atoms with Crippen LogP contribution in [0.5, 0.6) is 0 Å². The van der Waals surface area contributed by atoms with E-state index in [4.69, 9.17) is 9.47 Å². The molecule has 0 fully saturated rings. The number of carbonyl (C=O) groups excluding carboxylic acids is 2. The van der Waals surface area contributed by atoms with E-state index >= 15 is 0 Å². The van der Waals surface area contributed by atoms with Gasteiger partial charge >= 0.3 is 12.1 Å². The molecule has 1 unspecified atom stereocenters. The average Bonchev–Trinajstić information content (AvgIpc) is 3.16. The second kappa shape index (κ2) is 12.3. The number of carbonyl (C=O) groups is 3. The third kappa shape index (κ3) is 6.80. The summed E-state index contributed by atoms with van der Waals surface area (Å²) >= 11 is 0.